The van der Waals surface area contributed by atoms with E-state index in [1.807, 2.05) is 0 Å². The van der Waals surface area contributed by atoms with Gasteiger partial charge in [0.25, 0.3) is 5.91 Å². The molecule has 2 heterocycles. The monoisotopic (exact) mass is 443 g/mol. The number of carbonyl (C=O) groups is 2. The van der Waals surface area contributed by atoms with E-state index in [-0.39, 0.29) is 74.8 Å². The number of alkyl halides is 3. The molecule has 7 nitrogen and oxygen atoms in total. The summed E-state index contributed by atoms with van der Waals surface area (Å²) in [6.07, 6.45) is -0.694. The number of halogens is 3. The third-order valence-electron chi connectivity index (χ3n) is 6.01. The number of hydrogen-bond acceptors (Lipinski definition) is 5. The van der Waals surface area contributed by atoms with Crippen LogP contribution < -0.4 is 10.1 Å². The number of aromatic nitrogens is 1. The fourth-order valence-corrected chi connectivity index (χ4v) is 4.32. The Morgan fingerprint density at radius 2 is 1.97 bits per heavy atom. The van der Waals surface area contributed by atoms with E-state index in [2.05, 4.69) is 10.3 Å². The topological polar surface area (TPSA) is 91.8 Å². The molecule has 3 rings (SSSR count). The summed E-state index contributed by atoms with van der Waals surface area (Å²) in [7, 11) is 0. The molecule has 2 amide bonds. The van der Waals surface area contributed by atoms with Crippen molar-refractivity contribution in [3.63, 3.8) is 0 Å². The number of nitrogens with one attached hydrogen (secondary N) is 1. The van der Waals surface area contributed by atoms with Crippen molar-refractivity contribution in [2.75, 3.05) is 26.3 Å². The number of nitrogens with zero attached hydrogens (tertiary/aromatic N) is 2. The molecule has 0 unspecified atom stereocenters. The number of carbonyl (C=O) groups excluding carboxylic acids is 2. The Morgan fingerprint density at radius 3 is 2.65 bits per heavy atom. The molecule has 10 heteroatoms. The van der Waals surface area contributed by atoms with Crippen LogP contribution in [-0.2, 0) is 4.79 Å². The van der Waals surface area contributed by atoms with Gasteiger partial charge in [0.05, 0.1) is 18.6 Å². The fraction of sp³-hybridized carbons (Fsp3) is 0.667. The van der Waals surface area contributed by atoms with E-state index in [1.165, 1.54) is 6.20 Å². The van der Waals surface area contributed by atoms with Crippen LogP contribution in [0.2, 0.25) is 0 Å². The Hall–Kier alpha value is -2.36. The van der Waals surface area contributed by atoms with Crippen molar-refractivity contribution in [2.24, 2.45) is 11.8 Å². The van der Waals surface area contributed by atoms with Crippen LogP contribution in [0.5, 0.6) is 5.75 Å². The lowest BCUT2D eigenvalue weighted by atomic mass is 9.81. The minimum Gasteiger partial charge on any atom is -0.489 e. The van der Waals surface area contributed by atoms with Crippen LogP contribution in [0.4, 0.5) is 13.2 Å². The molecular weight excluding hydrogens is 415 g/mol. The van der Waals surface area contributed by atoms with Gasteiger partial charge in [-0.15, -0.1) is 0 Å². The maximum absolute atomic E-state index is 13.0. The van der Waals surface area contributed by atoms with Crippen LogP contribution in [0, 0.1) is 11.8 Å². The summed E-state index contributed by atoms with van der Waals surface area (Å²) in [6, 6.07) is 3.05. The van der Waals surface area contributed by atoms with E-state index >= 15 is 0 Å². The van der Waals surface area contributed by atoms with E-state index in [0.717, 1.165) is 12.8 Å². The maximum Gasteiger partial charge on any atom is 0.391 e. The van der Waals surface area contributed by atoms with Crippen LogP contribution in [0.1, 0.15) is 49.0 Å². The van der Waals surface area contributed by atoms with Crippen molar-refractivity contribution < 1.29 is 32.6 Å². The summed E-state index contributed by atoms with van der Waals surface area (Å²) in [4.78, 5) is 30.9. The highest BCUT2D eigenvalue weighted by atomic mass is 19.4. The lowest BCUT2D eigenvalue weighted by molar-refractivity contribution is -0.185. The van der Waals surface area contributed by atoms with Gasteiger partial charge in [0.2, 0.25) is 5.91 Å². The average molecular weight is 443 g/mol. The highest BCUT2D eigenvalue weighted by Crippen LogP contribution is 2.40. The molecule has 0 aromatic carbocycles. The molecule has 0 radical (unpaired) electrons. The Bertz CT molecular complexity index is 766. The largest absolute Gasteiger partial charge is 0.489 e. The van der Waals surface area contributed by atoms with Gasteiger partial charge >= 0.3 is 6.18 Å². The highest BCUT2D eigenvalue weighted by molar-refractivity contribution is 5.94. The molecule has 1 saturated carbocycles. The lowest BCUT2D eigenvalue weighted by Crippen LogP contribution is -2.44. The lowest BCUT2D eigenvalue weighted by Gasteiger charge is -2.33. The van der Waals surface area contributed by atoms with Crippen molar-refractivity contribution in [1.29, 1.82) is 0 Å². The Kier molecular flexibility index (Phi) is 7.74. The van der Waals surface area contributed by atoms with Crippen molar-refractivity contribution >= 4 is 11.8 Å². The summed E-state index contributed by atoms with van der Waals surface area (Å²) in [5.74, 6) is -1.97. The molecule has 0 bridgehead atoms. The SMILES string of the molecule is O=C(NCCO)c1ncccc1OC[C@H]1CCCN1C(=O)[C@H]1CC[C@H](C(F)(F)F)CC1. The number of pyridine rings is 1. The molecular formula is C21H28F3N3O4. The van der Waals surface area contributed by atoms with E-state index in [1.54, 1.807) is 17.0 Å². The van der Waals surface area contributed by atoms with Crippen LogP contribution in [0.15, 0.2) is 18.3 Å². The van der Waals surface area contributed by atoms with Gasteiger partial charge in [0.15, 0.2) is 11.4 Å². The van der Waals surface area contributed by atoms with E-state index in [9.17, 15) is 22.8 Å². The van der Waals surface area contributed by atoms with Crippen LogP contribution in [0.3, 0.4) is 0 Å². The molecule has 1 aliphatic carbocycles. The first kappa shape index (κ1) is 23.3. The van der Waals surface area contributed by atoms with Crippen LogP contribution in [-0.4, -0.2) is 65.3 Å². The average Bonchev–Trinajstić information content (AvgIpc) is 3.24. The van der Waals surface area contributed by atoms with Gasteiger partial charge in [0.1, 0.15) is 6.61 Å². The number of aliphatic hydroxyl groups excluding tert-OH is 1. The van der Waals surface area contributed by atoms with Crippen molar-refractivity contribution in [2.45, 2.75) is 50.7 Å². The first-order valence-electron chi connectivity index (χ1n) is 10.6. The zero-order valence-corrected chi connectivity index (χ0v) is 17.2. The van der Waals surface area contributed by atoms with Gasteiger partial charge < -0.3 is 20.1 Å². The minimum atomic E-state index is -4.19. The molecule has 1 saturated heterocycles. The summed E-state index contributed by atoms with van der Waals surface area (Å²) >= 11 is 0. The highest BCUT2D eigenvalue weighted by Gasteiger charge is 2.44. The van der Waals surface area contributed by atoms with Gasteiger partial charge in [-0.1, -0.05) is 0 Å². The molecule has 1 aromatic heterocycles. The smallest absolute Gasteiger partial charge is 0.391 e. The first-order valence-corrected chi connectivity index (χ1v) is 10.6. The standard InChI is InChI=1S/C21H28F3N3O4/c22-21(23,24)15-7-5-14(6-8-15)20(30)27-11-2-3-16(27)13-31-17-4-1-9-25-18(17)19(29)26-10-12-28/h1,4,9,14-16,28H,2-3,5-8,10-13H2,(H,26,29)/t14-,15-,16-/m1/s1. The van der Waals surface area contributed by atoms with E-state index in [4.69, 9.17) is 9.84 Å². The number of hydrogen-bond donors (Lipinski definition) is 2. The summed E-state index contributed by atoms with van der Waals surface area (Å²) in [5.41, 5.74) is 0.0947. The molecule has 2 aliphatic rings. The Labute approximate surface area is 179 Å². The number of amides is 2. The molecule has 1 aliphatic heterocycles. The number of likely N-dealkylation sites (tertiary alicyclic amines) is 1. The number of ether oxygens (including phenoxy) is 1. The molecule has 1 aromatic rings. The first-order chi connectivity index (χ1) is 14.8. The molecule has 0 spiro atoms. The van der Waals surface area contributed by atoms with Crippen molar-refractivity contribution in [3.05, 3.63) is 24.0 Å². The van der Waals surface area contributed by atoms with Gasteiger partial charge in [0, 0.05) is 25.2 Å². The van der Waals surface area contributed by atoms with Gasteiger partial charge in [-0.05, 0) is 50.7 Å². The normalized spacial score (nSPS) is 24.1. The zero-order valence-electron chi connectivity index (χ0n) is 17.2. The summed E-state index contributed by atoms with van der Waals surface area (Å²) in [6.45, 7) is 0.633. The van der Waals surface area contributed by atoms with Crippen molar-refractivity contribution in [1.82, 2.24) is 15.2 Å². The second-order valence-corrected chi connectivity index (χ2v) is 8.06. The summed E-state index contributed by atoms with van der Waals surface area (Å²) < 4.78 is 44.5. The van der Waals surface area contributed by atoms with E-state index in [0.29, 0.717) is 6.54 Å². The van der Waals surface area contributed by atoms with Crippen LogP contribution >= 0.6 is 0 Å². The molecule has 172 valence electrons. The molecule has 2 N–H and O–H groups in total. The molecule has 1 atom stereocenters. The number of aliphatic hydroxyl groups is 1. The van der Waals surface area contributed by atoms with E-state index < -0.39 is 18.0 Å². The Balaban J connectivity index is 1.57. The third-order valence-corrected chi connectivity index (χ3v) is 6.01. The van der Waals surface area contributed by atoms with Gasteiger partial charge in [-0.3, -0.25) is 9.59 Å². The van der Waals surface area contributed by atoms with Gasteiger partial charge in [-0.2, -0.15) is 13.2 Å². The predicted molar refractivity (Wildman–Crippen MR) is 105 cm³/mol. The number of rotatable bonds is 7. The quantitative estimate of drug-likeness (QED) is 0.676. The Morgan fingerprint density at radius 1 is 1.23 bits per heavy atom. The summed E-state index contributed by atoms with van der Waals surface area (Å²) in [5, 5.41) is 11.4. The predicted octanol–water partition coefficient (Wildman–Crippen LogP) is 2.54. The minimum absolute atomic E-state index is 0.00307. The maximum atomic E-state index is 13.0. The van der Waals surface area contributed by atoms with Crippen molar-refractivity contribution in [3.8, 4) is 5.75 Å². The fourth-order valence-electron chi connectivity index (χ4n) is 4.32. The van der Waals surface area contributed by atoms with Crippen LogP contribution in [0.25, 0.3) is 0 Å². The third kappa shape index (κ3) is 5.87. The molecule has 2 fully saturated rings. The second kappa shape index (κ2) is 10.3. The zero-order chi connectivity index (χ0) is 22.4. The van der Waals surface area contributed by atoms with Gasteiger partial charge in [-0.25, -0.2) is 4.98 Å². The second-order valence-electron chi connectivity index (χ2n) is 8.06. The molecule has 31 heavy (non-hydrogen) atoms.